The first-order valence-corrected chi connectivity index (χ1v) is 7.78. The van der Waals surface area contributed by atoms with Gasteiger partial charge in [-0.3, -0.25) is 4.79 Å². The Hall–Kier alpha value is -2.36. The number of hydrogen-bond donors (Lipinski definition) is 1. The Kier molecular flexibility index (Phi) is 4.37. The summed E-state index contributed by atoms with van der Waals surface area (Å²) in [5, 5.41) is 7.29. The summed E-state index contributed by atoms with van der Waals surface area (Å²) >= 11 is 0. The summed E-state index contributed by atoms with van der Waals surface area (Å²) in [6.07, 6.45) is 10.8. The predicted molar refractivity (Wildman–Crippen MR) is 86.6 cm³/mol. The van der Waals surface area contributed by atoms with Crippen LogP contribution in [0.3, 0.4) is 0 Å². The van der Waals surface area contributed by atoms with Crippen LogP contribution in [-0.2, 0) is 4.79 Å². The zero-order valence-electron chi connectivity index (χ0n) is 12.8. The Labute approximate surface area is 130 Å². The van der Waals surface area contributed by atoms with Gasteiger partial charge in [0.1, 0.15) is 0 Å². The first kappa shape index (κ1) is 14.6. The molecule has 0 saturated carbocycles. The average Bonchev–Trinajstić information content (AvgIpc) is 3.20. The highest BCUT2D eigenvalue weighted by Crippen LogP contribution is 2.21. The first-order valence-electron chi connectivity index (χ1n) is 7.78. The van der Waals surface area contributed by atoms with E-state index in [0.717, 1.165) is 24.1 Å². The summed E-state index contributed by atoms with van der Waals surface area (Å²) in [5.41, 5.74) is 2.12. The summed E-state index contributed by atoms with van der Waals surface area (Å²) in [7, 11) is 0. The minimum atomic E-state index is 0.0181. The van der Waals surface area contributed by atoms with Gasteiger partial charge in [0, 0.05) is 18.8 Å². The van der Waals surface area contributed by atoms with Crippen molar-refractivity contribution in [1.82, 2.24) is 15.1 Å². The van der Waals surface area contributed by atoms with Crippen molar-refractivity contribution in [2.75, 3.05) is 0 Å². The molecule has 1 aromatic carbocycles. The first-order chi connectivity index (χ1) is 10.7. The number of allylic oxidation sites excluding steroid dienone is 2. The highest BCUT2D eigenvalue weighted by Gasteiger charge is 2.16. The van der Waals surface area contributed by atoms with Crippen molar-refractivity contribution in [2.45, 2.75) is 32.2 Å². The Bertz CT molecular complexity index is 643. The molecule has 0 fully saturated rings. The van der Waals surface area contributed by atoms with Gasteiger partial charge >= 0.3 is 0 Å². The second-order valence-corrected chi connectivity index (χ2v) is 5.80. The number of aromatic nitrogens is 2. The minimum absolute atomic E-state index is 0.0181. The van der Waals surface area contributed by atoms with E-state index in [2.05, 4.69) is 22.6 Å². The lowest BCUT2D eigenvalue weighted by Crippen LogP contribution is -2.27. The normalized spacial score (nSPS) is 18.3. The molecule has 0 spiro atoms. The van der Waals surface area contributed by atoms with E-state index >= 15 is 0 Å². The Morgan fingerprint density at radius 1 is 1.41 bits per heavy atom. The van der Waals surface area contributed by atoms with Gasteiger partial charge in [-0.25, -0.2) is 4.68 Å². The number of nitrogens with one attached hydrogen (secondary N) is 1. The number of carbonyl (C=O) groups is 1. The number of nitrogens with zero attached hydrogens (tertiary/aromatic N) is 2. The SMILES string of the molecule is C[C@H](NC(=O)C[C@@H]1C=CCC1)c1ccc(-n2cccn2)cc1. The number of rotatable bonds is 5. The smallest absolute Gasteiger partial charge is 0.221 e. The maximum absolute atomic E-state index is 12.1. The zero-order chi connectivity index (χ0) is 15.4. The van der Waals surface area contributed by atoms with Crippen molar-refractivity contribution in [3.8, 4) is 5.69 Å². The molecule has 0 saturated heterocycles. The van der Waals surface area contributed by atoms with E-state index in [-0.39, 0.29) is 11.9 Å². The third-order valence-electron chi connectivity index (χ3n) is 4.10. The molecule has 1 amide bonds. The molecule has 0 bridgehead atoms. The monoisotopic (exact) mass is 295 g/mol. The van der Waals surface area contributed by atoms with Crippen LogP contribution in [-0.4, -0.2) is 15.7 Å². The molecule has 1 aromatic heterocycles. The van der Waals surface area contributed by atoms with Gasteiger partial charge in [0.15, 0.2) is 0 Å². The van der Waals surface area contributed by atoms with Gasteiger partial charge in [-0.15, -0.1) is 0 Å². The maximum atomic E-state index is 12.1. The lowest BCUT2D eigenvalue weighted by Gasteiger charge is -2.16. The third-order valence-corrected chi connectivity index (χ3v) is 4.10. The second-order valence-electron chi connectivity index (χ2n) is 5.80. The van der Waals surface area contributed by atoms with Crippen LogP contribution in [0.4, 0.5) is 0 Å². The number of benzene rings is 1. The van der Waals surface area contributed by atoms with E-state index in [4.69, 9.17) is 0 Å². The largest absolute Gasteiger partial charge is 0.350 e. The Balaban J connectivity index is 1.58. The summed E-state index contributed by atoms with van der Waals surface area (Å²) in [5.74, 6) is 0.537. The fourth-order valence-corrected chi connectivity index (χ4v) is 2.82. The van der Waals surface area contributed by atoms with Gasteiger partial charge in [-0.2, -0.15) is 5.10 Å². The molecule has 4 heteroatoms. The highest BCUT2D eigenvalue weighted by atomic mass is 16.1. The number of carbonyl (C=O) groups excluding carboxylic acids is 1. The summed E-state index contributed by atoms with van der Waals surface area (Å²) in [6, 6.07) is 10.0. The van der Waals surface area contributed by atoms with Crippen LogP contribution >= 0.6 is 0 Å². The highest BCUT2D eigenvalue weighted by molar-refractivity contribution is 5.77. The van der Waals surface area contributed by atoms with Crippen LogP contribution < -0.4 is 5.32 Å². The van der Waals surface area contributed by atoms with Gasteiger partial charge in [0.05, 0.1) is 11.7 Å². The van der Waals surface area contributed by atoms with Gasteiger partial charge in [-0.1, -0.05) is 24.3 Å². The Morgan fingerprint density at radius 3 is 2.86 bits per heavy atom. The van der Waals surface area contributed by atoms with Crippen molar-refractivity contribution in [3.05, 3.63) is 60.4 Å². The van der Waals surface area contributed by atoms with Gasteiger partial charge in [-0.05, 0) is 49.4 Å². The molecule has 1 aliphatic rings. The molecule has 0 unspecified atom stereocenters. The molecule has 1 N–H and O–H groups in total. The summed E-state index contributed by atoms with van der Waals surface area (Å²) in [4.78, 5) is 12.1. The van der Waals surface area contributed by atoms with E-state index in [9.17, 15) is 4.79 Å². The molecule has 2 atom stereocenters. The van der Waals surface area contributed by atoms with Crippen molar-refractivity contribution in [3.63, 3.8) is 0 Å². The van der Waals surface area contributed by atoms with Crippen LogP contribution in [0.1, 0.15) is 37.8 Å². The van der Waals surface area contributed by atoms with E-state index in [1.54, 1.807) is 6.20 Å². The van der Waals surface area contributed by atoms with Crippen molar-refractivity contribution >= 4 is 5.91 Å². The number of amides is 1. The average molecular weight is 295 g/mol. The van der Waals surface area contributed by atoms with Crippen molar-refractivity contribution < 1.29 is 4.79 Å². The lowest BCUT2D eigenvalue weighted by molar-refractivity contribution is -0.122. The molecule has 1 heterocycles. The second kappa shape index (κ2) is 6.60. The van der Waals surface area contributed by atoms with Crippen LogP contribution in [0.15, 0.2) is 54.9 Å². The van der Waals surface area contributed by atoms with Crippen LogP contribution in [0.2, 0.25) is 0 Å². The molecule has 114 valence electrons. The molecule has 0 aliphatic heterocycles. The van der Waals surface area contributed by atoms with Crippen LogP contribution in [0.25, 0.3) is 5.69 Å². The minimum Gasteiger partial charge on any atom is -0.350 e. The van der Waals surface area contributed by atoms with Crippen LogP contribution in [0.5, 0.6) is 0 Å². The molecule has 4 nitrogen and oxygen atoms in total. The third kappa shape index (κ3) is 3.45. The van der Waals surface area contributed by atoms with Gasteiger partial charge in [0.2, 0.25) is 5.91 Å². The maximum Gasteiger partial charge on any atom is 0.221 e. The van der Waals surface area contributed by atoms with E-state index < -0.39 is 0 Å². The molecule has 2 aromatic rings. The summed E-state index contributed by atoms with van der Waals surface area (Å²) < 4.78 is 1.82. The molecule has 3 rings (SSSR count). The van der Waals surface area contributed by atoms with E-state index in [0.29, 0.717) is 12.3 Å². The van der Waals surface area contributed by atoms with E-state index in [1.165, 1.54) is 0 Å². The van der Waals surface area contributed by atoms with E-state index in [1.807, 2.05) is 48.1 Å². The van der Waals surface area contributed by atoms with Crippen LogP contribution in [0, 0.1) is 5.92 Å². The topological polar surface area (TPSA) is 46.9 Å². The molecular weight excluding hydrogens is 274 g/mol. The molecular formula is C18H21N3O. The summed E-state index contributed by atoms with van der Waals surface area (Å²) in [6.45, 7) is 2.02. The Morgan fingerprint density at radius 2 is 2.23 bits per heavy atom. The van der Waals surface area contributed by atoms with Crippen molar-refractivity contribution in [2.24, 2.45) is 5.92 Å². The zero-order valence-corrected chi connectivity index (χ0v) is 12.8. The van der Waals surface area contributed by atoms with Crippen molar-refractivity contribution in [1.29, 1.82) is 0 Å². The lowest BCUT2D eigenvalue weighted by atomic mass is 10.0. The predicted octanol–water partition coefficient (Wildman–Crippen LogP) is 3.41. The fourth-order valence-electron chi connectivity index (χ4n) is 2.82. The van der Waals surface area contributed by atoms with Gasteiger partial charge < -0.3 is 5.32 Å². The molecule has 1 aliphatic carbocycles. The quantitative estimate of drug-likeness (QED) is 0.859. The fraction of sp³-hybridized carbons (Fsp3) is 0.333. The number of hydrogen-bond acceptors (Lipinski definition) is 2. The molecule has 0 radical (unpaired) electrons. The molecule has 22 heavy (non-hydrogen) atoms. The standard InChI is InChI=1S/C18H21N3O/c1-14(20-18(22)13-15-5-2-3-6-15)16-7-9-17(10-8-16)21-12-4-11-19-21/h2,4-5,7-12,14-15H,3,6,13H2,1H3,(H,20,22)/t14-,15+/m0/s1. The van der Waals surface area contributed by atoms with Gasteiger partial charge in [0.25, 0.3) is 0 Å².